The molecule has 2 rings (SSSR count). The van der Waals surface area contributed by atoms with Gasteiger partial charge < -0.3 is 15.1 Å². The van der Waals surface area contributed by atoms with Crippen LogP contribution in [-0.2, 0) is 0 Å². The van der Waals surface area contributed by atoms with Crippen LogP contribution >= 0.6 is 15.9 Å². The van der Waals surface area contributed by atoms with Crippen LogP contribution in [0.25, 0.3) is 10.9 Å². The molecule has 0 spiro atoms. The Morgan fingerprint density at radius 2 is 1.83 bits per heavy atom. The summed E-state index contributed by atoms with van der Waals surface area (Å²) < 4.78 is 0.944. The van der Waals surface area contributed by atoms with E-state index < -0.39 is 0 Å². The summed E-state index contributed by atoms with van der Waals surface area (Å²) in [4.78, 5) is 10.3. The third-order valence-electron chi connectivity index (χ3n) is 2.62. The summed E-state index contributed by atoms with van der Waals surface area (Å²) in [5.74, 6) is 0.726. The molecule has 1 heterocycles. The van der Waals surface area contributed by atoms with Crippen LogP contribution in [0.5, 0.6) is 0 Å². The second kappa shape index (κ2) is 6.08. The van der Waals surface area contributed by atoms with E-state index in [4.69, 9.17) is 10.2 Å². The highest BCUT2D eigenvalue weighted by Crippen LogP contribution is 2.25. The van der Waals surface area contributed by atoms with Gasteiger partial charge in [0.25, 0.3) is 0 Å². The van der Waals surface area contributed by atoms with Gasteiger partial charge in [-0.15, -0.1) is 0 Å². The van der Waals surface area contributed by atoms with Crippen LogP contribution < -0.4 is 4.90 Å². The molecule has 96 valence electrons. The Balaban J connectivity index is 2.50. The van der Waals surface area contributed by atoms with Crippen molar-refractivity contribution in [2.24, 2.45) is 0 Å². The average Bonchev–Trinajstić information content (AvgIpc) is 2.38. The van der Waals surface area contributed by atoms with E-state index in [0.717, 1.165) is 21.2 Å². The normalized spacial score (nSPS) is 10.8. The molecular formula is C12H14BrN3O2. The van der Waals surface area contributed by atoms with Crippen molar-refractivity contribution in [1.29, 1.82) is 0 Å². The summed E-state index contributed by atoms with van der Waals surface area (Å²) >= 11 is 3.42. The summed E-state index contributed by atoms with van der Waals surface area (Å²) in [7, 11) is 0. The maximum atomic E-state index is 9.08. The van der Waals surface area contributed by atoms with Crippen molar-refractivity contribution >= 4 is 32.7 Å². The van der Waals surface area contributed by atoms with Gasteiger partial charge in [0.05, 0.1) is 18.7 Å². The molecule has 5 nitrogen and oxygen atoms in total. The second-order valence-corrected chi connectivity index (χ2v) is 4.71. The van der Waals surface area contributed by atoms with E-state index in [0.29, 0.717) is 13.1 Å². The average molecular weight is 312 g/mol. The van der Waals surface area contributed by atoms with Crippen molar-refractivity contribution in [3.63, 3.8) is 0 Å². The first-order valence-corrected chi connectivity index (χ1v) is 6.42. The molecule has 1 aromatic carbocycles. The Labute approximate surface area is 113 Å². The Morgan fingerprint density at radius 1 is 1.11 bits per heavy atom. The quantitative estimate of drug-likeness (QED) is 0.868. The molecule has 0 bridgehead atoms. The fourth-order valence-corrected chi connectivity index (χ4v) is 2.19. The Hall–Kier alpha value is -1.24. The van der Waals surface area contributed by atoms with E-state index in [2.05, 4.69) is 25.9 Å². The van der Waals surface area contributed by atoms with Gasteiger partial charge in [-0.1, -0.05) is 15.9 Å². The number of hydrogen-bond donors (Lipinski definition) is 2. The van der Waals surface area contributed by atoms with Crippen LogP contribution in [0.1, 0.15) is 0 Å². The lowest BCUT2D eigenvalue weighted by molar-refractivity contribution is 0.281. The molecule has 2 aromatic rings. The number of aromatic nitrogens is 2. The molecule has 18 heavy (non-hydrogen) atoms. The molecule has 0 aliphatic carbocycles. The predicted octanol–water partition coefficient (Wildman–Crippen LogP) is 1.18. The zero-order chi connectivity index (χ0) is 13.0. The fraction of sp³-hybridized carbons (Fsp3) is 0.333. The number of nitrogens with zero attached hydrogens (tertiary/aromatic N) is 3. The van der Waals surface area contributed by atoms with Gasteiger partial charge in [0, 0.05) is 22.9 Å². The van der Waals surface area contributed by atoms with Crippen molar-refractivity contribution in [3.8, 4) is 0 Å². The summed E-state index contributed by atoms with van der Waals surface area (Å²) in [6.07, 6.45) is 1.49. The van der Waals surface area contributed by atoms with Crippen LogP contribution in [0.15, 0.2) is 29.0 Å². The molecule has 0 saturated carbocycles. The van der Waals surface area contributed by atoms with Gasteiger partial charge in [0.1, 0.15) is 12.1 Å². The van der Waals surface area contributed by atoms with Crippen LogP contribution in [-0.4, -0.2) is 46.5 Å². The first kappa shape index (κ1) is 13.2. The van der Waals surface area contributed by atoms with Crippen LogP contribution in [0, 0.1) is 0 Å². The third-order valence-corrected chi connectivity index (χ3v) is 3.11. The van der Waals surface area contributed by atoms with E-state index in [-0.39, 0.29) is 13.2 Å². The zero-order valence-corrected chi connectivity index (χ0v) is 11.3. The van der Waals surface area contributed by atoms with Gasteiger partial charge in [0.15, 0.2) is 0 Å². The number of halogens is 1. The maximum absolute atomic E-state index is 9.08. The summed E-state index contributed by atoms with van der Waals surface area (Å²) in [6, 6.07) is 5.76. The van der Waals surface area contributed by atoms with Gasteiger partial charge in [-0.2, -0.15) is 0 Å². The van der Waals surface area contributed by atoms with Crippen molar-refractivity contribution in [2.45, 2.75) is 0 Å². The molecular weight excluding hydrogens is 298 g/mol. The predicted molar refractivity (Wildman–Crippen MR) is 73.6 cm³/mol. The molecule has 0 saturated heterocycles. The molecule has 0 fully saturated rings. The first-order valence-electron chi connectivity index (χ1n) is 5.63. The number of hydrogen-bond acceptors (Lipinski definition) is 5. The third kappa shape index (κ3) is 2.77. The lowest BCUT2D eigenvalue weighted by Crippen LogP contribution is -2.30. The van der Waals surface area contributed by atoms with Gasteiger partial charge in [-0.3, -0.25) is 0 Å². The van der Waals surface area contributed by atoms with Crippen molar-refractivity contribution in [1.82, 2.24) is 9.97 Å². The van der Waals surface area contributed by atoms with Gasteiger partial charge in [0.2, 0.25) is 0 Å². The molecule has 0 radical (unpaired) electrons. The van der Waals surface area contributed by atoms with Crippen molar-refractivity contribution in [3.05, 3.63) is 29.0 Å². The summed E-state index contributed by atoms with van der Waals surface area (Å²) in [5, 5.41) is 19.0. The smallest absolute Gasteiger partial charge is 0.140 e. The van der Waals surface area contributed by atoms with E-state index in [1.165, 1.54) is 6.33 Å². The fourth-order valence-electron chi connectivity index (χ4n) is 1.83. The summed E-state index contributed by atoms with van der Waals surface area (Å²) in [5.41, 5.74) is 0.837. The number of anilines is 1. The zero-order valence-electron chi connectivity index (χ0n) is 9.75. The molecule has 1 aromatic heterocycles. The number of aliphatic hydroxyl groups is 2. The van der Waals surface area contributed by atoms with E-state index in [1.54, 1.807) is 0 Å². The lowest BCUT2D eigenvalue weighted by atomic mass is 10.2. The van der Waals surface area contributed by atoms with Gasteiger partial charge >= 0.3 is 0 Å². The minimum absolute atomic E-state index is 0.0134. The first-order chi connectivity index (χ1) is 8.76. The molecule has 6 heteroatoms. The van der Waals surface area contributed by atoms with E-state index in [9.17, 15) is 0 Å². The minimum atomic E-state index is 0.0134. The second-order valence-electron chi connectivity index (χ2n) is 3.79. The maximum Gasteiger partial charge on any atom is 0.140 e. The summed E-state index contributed by atoms with van der Waals surface area (Å²) in [6.45, 7) is 0.886. The van der Waals surface area contributed by atoms with Crippen molar-refractivity contribution in [2.75, 3.05) is 31.2 Å². The Bertz CT molecular complexity index is 530. The van der Waals surface area contributed by atoms with Gasteiger partial charge in [-0.25, -0.2) is 9.97 Å². The topological polar surface area (TPSA) is 69.5 Å². The molecule has 0 aliphatic rings. The number of aliphatic hydroxyl groups excluding tert-OH is 2. The molecule has 0 unspecified atom stereocenters. The Morgan fingerprint density at radius 3 is 2.50 bits per heavy atom. The monoisotopic (exact) mass is 311 g/mol. The van der Waals surface area contributed by atoms with Crippen LogP contribution in [0.3, 0.4) is 0 Å². The Kier molecular flexibility index (Phi) is 4.46. The van der Waals surface area contributed by atoms with Crippen LogP contribution in [0.2, 0.25) is 0 Å². The van der Waals surface area contributed by atoms with E-state index >= 15 is 0 Å². The highest BCUT2D eigenvalue weighted by molar-refractivity contribution is 9.10. The van der Waals surface area contributed by atoms with Gasteiger partial charge in [-0.05, 0) is 18.2 Å². The molecule has 0 amide bonds. The molecule has 0 atom stereocenters. The highest BCUT2D eigenvalue weighted by Gasteiger charge is 2.11. The molecule has 2 N–H and O–H groups in total. The molecule has 0 aliphatic heterocycles. The lowest BCUT2D eigenvalue weighted by Gasteiger charge is -2.22. The largest absolute Gasteiger partial charge is 0.395 e. The number of benzene rings is 1. The van der Waals surface area contributed by atoms with Crippen LogP contribution in [0.4, 0.5) is 5.82 Å². The van der Waals surface area contributed by atoms with Crippen molar-refractivity contribution < 1.29 is 10.2 Å². The SMILES string of the molecule is OCCN(CCO)c1ncnc2ccc(Br)cc12. The number of fused-ring (bicyclic) bond motifs is 1. The standard InChI is InChI=1S/C12H14BrN3O2/c13-9-1-2-11-10(7-9)12(15-8-14-11)16(3-5-17)4-6-18/h1-2,7-8,17-18H,3-6H2. The highest BCUT2D eigenvalue weighted by atomic mass is 79.9. The van der Waals surface area contributed by atoms with E-state index in [1.807, 2.05) is 23.1 Å². The minimum Gasteiger partial charge on any atom is -0.395 e. The number of rotatable bonds is 5.